The molecule has 0 atom stereocenters. The number of anilines is 4. The first kappa shape index (κ1) is 43.8. The molecule has 0 aliphatic carbocycles. The molecule has 1 aliphatic rings. The third kappa shape index (κ3) is 9.50. The molecule has 11 aromatic rings. The van der Waals surface area contributed by atoms with Gasteiger partial charge >= 0.3 is 0 Å². The lowest BCUT2D eigenvalue weighted by Gasteiger charge is -2.30. The molecule has 0 radical (unpaired) electrons. The smallest absolute Gasteiger partial charge is 0.204 e. The lowest BCUT2D eigenvalue weighted by atomic mass is 9.78. The summed E-state index contributed by atoms with van der Waals surface area (Å²) in [5, 5.41) is 4.05. The van der Waals surface area contributed by atoms with Crippen molar-refractivity contribution in [3.05, 3.63) is 210 Å². The van der Waals surface area contributed by atoms with Crippen LogP contribution in [0, 0.1) is 12.0 Å². The van der Waals surface area contributed by atoms with Crippen molar-refractivity contribution in [3.63, 3.8) is 0 Å². The maximum absolute atomic E-state index is 9.37. The largest absolute Gasteiger partial charge is 0.457 e. The first-order valence-corrected chi connectivity index (χ1v) is 27.9. The van der Waals surface area contributed by atoms with Gasteiger partial charge in [-0.15, -0.1) is 11.3 Å². The Labute approximate surface area is 480 Å². The van der Waals surface area contributed by atoms with E-state index in [2.05, 4.69) is 160 Å². The second-order valence-electron chi connectivity index (χ2n) is 25.1. The van der Waals surface area contributed by atoms with Crippen LogP contribution in [0.1, 0.15) is 115 Å². The van der Waals surface area contributed by atoms with Crippen LogP contribution in [0.5, 0.6) is 11.5 Å². The number of pyridine rings is 1. The van der Waals surface area contributed by atoms with E-state index in [-0.39, 0.29) is 33.9 Å². The standard InChI is InChI=1S/C72H69N5OS/c1-69(2,3)43-45-33-34-74-64(35-45)77-62-32-31-57-56-25-20-26-59(73-13)67(56)79-68(57)65(62)58-30-29-52(42-63(58)77)78-53-40-50(72(10,11)12)39-51(41-53)75-44-76(61-28-18-17-27-60(61)75)66-54(46-21-15-14-16-22-46)23-19-24-55(66)47-36-48(70(4,5)6)38-49(37-47)71(7,8)9/h14-42H,43-44H2,1-12H3/i14D,15D,16D,21D,22D,43D2. The normalized spacial score (nSPS) is 14.7. The number of hydrogen-bond acceptors (Lipinski definition) is 5. The summed E-state index contributed by atoms with van der Waals surface area (Å²) >= 11 is 1.61. The Morgan fingerprint density at radius 1 is 0.595 bits per heavy atom. The molecule has 0 saturated heterocycles. The van der Waals surface area contributed by atoms with Crippen molar-refractivity contribution in [1.29, 1.82) is 0 Å². The SMILES string of the molecule is [2H]c1c([2H])c([2H])c(-c2cccc(-c3cc(C(C)(C)C)cc(C(C)(C)C)c3)c2N2CN(c3cc(Oc4ccc5c6c7sc8c([N+]#[C-])cccc8c7ccc6n(-c6cc(C([2H])([2H])C(C)(C)C)ccn6)c5c4)cc(C(C)(C)C)c3)c3ccccc32)c([2H])c1[2H]. The minimum absolute atomic E-state index is 0.130. The predicted octanol–water partition coefficient (Wildman–Crippen LogP) is 21.0. The van der Waals surface area contributed by atoms with Crippen molar-refractivity contribution in [2.75, 3.05) is 16.5 Å². The number of fused-ring (bicyclic) bond motifs is 8. The van der Waals surface area contributed by atoms with E-state index >= 15 is 0 Å². The molecule has 4 heterocycles. The van der Waals surface area contributed by atoms with E-state index in [1.807, 2.05) is 75.4 Å². The van der Waals surface area contributed by atoms with Crippen LogP contribution in [0.2, 0.25) is 0 Å². The molecule has 0 spiro atoms. The molecule has 0 N–H and O–H groups in total. The number of para-hydroxylation sites is 3. The van der Waals surface area contributed by atoms with Gasteiger partial charge in [0.1, 0.15) is 24.0 Å². The van der Waals surface area contributed by atoms with E-state index in [1.165, 1.54) is 0 Å². The zero-order valence-corrected chi connectivity index (χ0v) is 47.9. The van der Waals surface area contributed by atoms with E-state index in [0.29, 0.717) is 46.5 Å². The number of nitrogens with zero attached hydrogens (tertiary/aromatic N) is 5. The van der Waals surface area contributed by atoms with Crippen LogP contribution in [0.4, 0.5) is 28.4 Å². The fraction of sp³-hybridized carbons (Fsp3) is 0.250. The summed E-state index contributed by atoms with van der Waals surface area (Å²) < 4.78 is 74.9. The summed E-state index contributed by atoms with van der Waals surface area (Å²) in [5.41, 5.74) is 10.6. The second kappa shape index (κ2) is 19.0. The summed E-state index contributed by atoms with van der Waals surface area (Å²) in [6, 6.07) is 45.4. The Hall–Kier alpha value is -8.18. The number of aromatic nitrogens is 2. The molecule has 0 fully saturated rings. The highest BCUT2D eigenvalue weighted by atomic mass is 32.1. The summed E-state index contributed by atoms with van der Waals surface area (Å²) in [4.78, 5) is 13.3. The van der Waals surface area contributed by atoms with Gasteiger partial charge in [0.2, 0.25) is 5.69 Å². The van der Waals surface area contributed by atoms with Crippen LogP contribution < -0.4 is 14.5 Å². The van der Waals surface area contributed by atoms with Crippen LogP contribution in [0.15, 0.2) is 176 Å². The highest BCUT2D eigenvalue weighted by Gasteiger charge is 2.33. The van der Waals surface area contributed by atoms with Gasteiger partial charge in [0.15, 0.2) is 0 Å². The zero-order valence-electron chi connectivity index (χ0n) is 54.1. The van der Waals surface area contributed by atoms with Crippen molar-refractivity contribution in [1.82, 2.24) is 9.55 Å². The zero-order chi connectivity index (χ0) is 61.5. The molecule has 79 heavy (non-hydrogen) atoms. The molecule has 12 rings (SSSR count). The molecule has 0 amide bonds. The van der Waals surface area contributed by atoms with Gasteiger partial charge in [-0.05, 0) is 127 Å². The van der Waals surface area contributed by atoms with Crippen LogP contribution in [-0.2, 0) is 22.6 Å². The van der Waals surface area contributed by atoms with Crippen LogP contribution in [0.25, 0.3) is 74.9 Å². The summed E-state index contributed by atoms with van der Waals surface area (Å²) in [6.45, 7) is 33.9. The van der Waals surface area contributed by atoms with Crippen LogP contribution in [-0.4, -0.2) is 16.2 Å². The number of thiophene rings is 1. The molecule has 6 nitrogen and oxygen atoms in total. The van der Waals surface area contributed by atoms with Crippen molar-refractivity contribution >= 4 is 81.8 Å². The molecule has 394 valence electrons. The van der Waals surface area contributed by atoms with Crippen LogP contribution in [0.3, 0.4) is 0 Å². The topological polar surface area (TPSA) is 37.9 Å². The predicted molar refractivity (Wildman–Crippen MR) is 336 cm³/mol. The number of benzene rings is 8. The molecule has 0 unspecified atom stereocenters. The van der Waals surface area contributed by atoms with Crippen molar-refractivity contribution in [3.8, 4) is 39.6 Å². The highest BCUT2D eigenvalue weighted by molar-refractivity contribution is 7.27. The summed E-state index contributed by atoms with van der Waals surface area (Å²) in [5.74, 6) is 1.75. The average Bonchev–Trinajstić information content (AvgIpc) is 1.58. The van der Waals surface area contributed by atoms with Gasteiger partial charge in [-0.1, -0.05) is 186 Å². The number of rotatable bonds is 8. The first-order chi connectivity index (χ1) is 40.5. The summed E-state index contributed by atoms with van der Waals surface area (Å²) in [7, 11) is 0. The van der Waals surface area contributed by atoms with Gasteiger partial charge in [-0.25, -0.2) is 9.83 Å². The Balaban J connectivity index is 1.03. The summed E-state index contributed by atoms with van der Waals surface area (Å²) in [6.07, 6.45) is 0.00531. The minimum Gasteiger partial charge on any atom is -0.457 e. The molecule has 7 heteroatoms. The third-order valence-corrected chi connectivity index (χ3v) is 16.3. The van der Waals surface area contributed by atoms with Crippen molar-refractivity contribution in [2.24, 2.45) is 5.41 Å². The van der Waals surface area contributed by atoms with E-state index < -0.39 is 29.9 Å². The van der Waals surface area contributed by atoms with E-state index in [1.54, 1.807) is 23.6 Å². The minimum atomic E-state index is -1.68. The van der Waals surface area contributed by atoms with E-state index in [4.69, 9.17) is 20.4 Å². The average molecular weight is 1060 g/mol. The molecule has 0 saturated carbocycles. The molecule has 8 aromatic carbocycles. The number of hydrogen-bond donors (Lipinski definition) is 0. The van der Waals surface area contributed by atoms with Gasteiger partial charge in [0.05, 0.1) is 41.5 Å². The molecular formula is C72H69N5OS. The fourth-order valence-electron chi connectivity index (χ4n) is 11.1. The Bertz CT molecular complexity index is 4600. The lowest BCUT2D eigenvalue weighted by Crippen LogP contribution is -2.25. The Morgan fingerprint density at radius 2 is 1.24 bits per heavy atom. The Kier molecular flexibility index (Phi) is 10.5. The fourth-order valence-corrected chi connectivity index (χ4v) is 12.4. The van der Waals surface area contributed by atoms with Crippen molar-refractivity contribution < 1.29 is 14.3 Å². The first-order valence-electron chi connectivity index (χ1n) is 30.6. The third-order valence-electron chi connectivity index (χ3n) is 15.1. The van der Waals surface area contributed by atoms with Gasteiger partial charge in [-0.2, -0.15) is 0 Å². The van der Waals surface area contributed by atoms with E-state index in [0.717, 1.165) is 86.9 Å². The Morgan fingerprint density at radius 3 is 1.92 bits per heavy atom. The van der Waals surface area contributed by atoms with Gasteiger partial charge in [0.25, 0.3) is 0 Å². The van der Waals surface area contributed by atoms with Crippen LogP contribution >= 0.6 is 11.3 Å². The van der Waals surface area contributed by atoms with Gasteiger partial charge in [-0.3, -0.25) is 4.57 Å². The lowest BCUT2D eigenvalue weighted by molar-refractivity contribution is 0.411. The van der Waals surface area contributed by atoms with Crippen molar-refractivity contribution in [2.45, 2.75) is 106 Å². The van der Waals surface area contributed by atoms with E-state index in [9.17, 15) is 5.48 Å². The van der Waals surface area contributed by atoms with Gasteiger partial charge in [0, 0.05) is 58.1 Å². The maximum atomic E-state index is 9.37. The monoisotopic (exact) mass is 1060 g/mol. The van der Waals surface area contributed by atoms with Gasteiger partial charge < -0.3 is 14.5 Å². The quantitative estimate of drug-likeness (QED) is 0.142. The second-order valence-corrected chi connectivity index (χ2v) is 26.1. The molecule has 1 aliphatic heterocycles. The molecule has 3 aromatic heterocycles. The molecule has 0 bridgehead atoms. The molecular weight excluding hydrogens is 983 g/mol. The number of ether oxygens (including phenoxy) is 1. The maximum Gasteiger partial charge on any atom is 0.204 e. The highest BCUT2D eigenvalue weighted by Crippen LogP contribution is 2.52.